The van der Waals surface area contributed by atoms with Crippen LogP contribution in [0.5, 0.6) is 0 Å². The van der Waals surface area contributed by atoms with E-state index < -0.39 is 10.0 Å². The highest BCUT2D eigenvalue weighted by atomic mass is 32.2. The van der Waals surface area contributed by atoms with Gasteiger partial charge in [0.25, 0.3) is 0 Å². The Hall–Kier alpha value is -2.72. The summed E-state index contributed by atoms with van der Waals surface area (Å²) in [6.07, 6.45) is 6.46. The van der Waals surface area contributed by atoms with Crippen molar-refractivity contribution in [3.63, 3.8) is 0 Å². The predicted molar refractivity (Wildman–Crippen MR) is 127 cm³/mol. The second-order valence-corrected chi connectivity index (χ2v) is 10.5. The topological polar surface area (TPSA) is 122 Å². The number of hydrogen-bond acceptors (Lipinski definition) is 7. The first-order chi connectivity index (χ1) is 15.7. The van der Waals surface area contributed by atoms with E-state index in [1.807, 2.05) is 13.8 Å². The highest BCUT2D eigenvalue weighted by molar-refractivity contribution is 7.89. The zero-order chi connectivity index (χ0) is 24.0. The van der Waals surface area contributed by atoms with Gasteiger partial charge in [0.15, 0.2) is 0 Å². The number of carbonyl (C=O) groups is 1. The Balaban J connectivity index is 1.54. The fraction of sp³-hybridized carbons (Fsp3) is 0.522. The maximum absolute atomic E-state index is 12.2. The van der Waals surface area contributed by atoms with Gasteiger partial charge in [-0.25, -0.2) is 27.9 Å². The van der Waals surface area contributed by atoms with Crippen molar-refractivity contribution in [2.24, 2.45) is 0 Å². The standard InChI is InChI=1S/C23H33N5O4S/c1-5-16(4)26-23(29)32-20-9-6-17(12-20)18-13-24-22(25-14-18)27-19-7-10-21(11-8-19)33(30,31)28-15(2)3/h7-8,10-11,13-17,20,28H,5-6,9,12H2,1-4H3,(H,26,29)(H,24,25,27)/t16-,17+,20-/m0/s1. The van der Waals surface area contributed by atoms with E-state index in [-0.39, 0.29) is 35.1 Å². The molecule has 9 nitrogen and oxygen atoms in total. The third-order valence-corrected chi connectivity index (χ3v) is 7.26. The Bertz CT molecular complexity index is 1030. The summed E-state index contributed by atoms with van der Waals surface area (Å²) in [5, 5.41) is 5.92. The van der Waals surface area contributed by atoms with Crippen LogP contribution in [-0.4, -0.2) is 42.7 Å². The highest BCUT2D eigenvalue weighted by Crippen LogP contribution is 2.35. The Kier molecular flexibility index (Phi) is 8.25. The molecule has 0 saturated heterocycles. The van der Waals surface area contributed by atoms with Crippen molar-refractivity contribution >= 4 is 27.8 Å². The monoisotopic (exact) mass is 475 g/mol. The fourth-order valence-corrected chi connectivity index (χ4v) is 4.93. The molecule has 2 aromatic rings. The first-order valence-electron chi connectivity index (χ1n) is 11.3. The number of carbonyl (C=O) groups excluding carboxylic acids is 1. The molecule has 1 saturated carbocycles. The molecule has 1 amide bonds. The molecule has 180 valence electrons. The van der Waals surface area contributed by atoms with Crippen LogP contribution in [0.2, 0.25) is 0 Å². The van der Waals surface area contributed by atoms with Crippen molar-refractivity contribution in [2.75, 3.05) is 5.32 Å². The summed E-state index contributed by atoms with van der Waals surface area (Å²) in [6.45, 7) is 7.52. The minimum atomic E-state index is -3.53. The van der Waals surface area contributed by atoms with Crippen molar-refractivity contribution in [1.29, 1.82) is 0 Å². The van der Waals surface area contributed by atoms with Crippen LogP contribution in [0.3, 0.4) is 0 Å². The van der Waals surface area contributed by atoms with Gasteiger partial charge in [-0.15, -0.1) is 0 Å². The summed E-state index contributed by atoms with van der Waals surface area (Å²) < 4.78 is 32.6. The summed E-state index contributed by atoms with van der Waals surface area (Å²) in [6, 6.07) is 6.35. The number of rotatable bonds is 9. The second-order valence-electron chi connectivity index (χ2n) is 8.76. The van der Waals surface area contributed by atoms with Gasteiger partial charge in [-0.05, 0) is 82.2 Å². The van der Waals surface area contributed by atoms with Gasteiger partial charge in [0.2, 0.25) is 16.0 Å². The van der Waals surface area contributed by atoms with E-state index in [2.05, 4.69) is 25.3 Å². The van der Waals surface area contributed by atoms with Crippen molar-refractivity contribution in [2.45, 2.75) is 82.4 Å². The van der Waals surface area contributed by atoms with Gasteiger partial charge < -0.3 is 15.4 Å². The molecule has 1 aromatic heterocycles. The van der Waals surface area contributed by atoms with Gasteiger partial charge in [0.05, 0.1) is 4.90 Å². The number of alkyl carbamates (subject to hydrolysis) is 1. The Morgan fingerprint density at radius 2 is 1.79 bits per heavy atom. The Labute approximate surface area is 195 Å². The van der Waals surface area contributed by atoms with Crippen molar-refractivity contribution in [3.8, 4) is 0 Å². The van der Waals surface area contributed by atoms with Crippen LogP contribution in [0.25, 0.3) is 0 Å². The van der Waals surface area contributed by atoms with Crippen LogP contribution >= 0.6 is 0 Å². The van der Waals surface area contributed by atoms with Gasteiger partial charge >= 0.3 is 6.09 Å². The summed E-state index contributed by atoms with van der Waals surface area (Å²) in [4.78, 5) is 20.9. The Morgan fingerprint density at radius 1 is 1.12 bits per heavy atom. The van der Waals surface area contributed by atoms with Gasteiger partial charge in [0, 0.05) is 30.2 Å². The van der Waals surface area contributed by atoms with Crippen LogP contribution in [0.4, 0.5) is 16.4 Å². The van der Waals surface area contributed by atoms with Crippen molar-refractivity contribution in [3.05, 3.63) is 42.2 Å². The van der Waals surface area contributed by atoms with E-state index in [0.29, 0.717) is 11.6 Å². The molecule has 3 rings (SSSR count). The fourth-order valence-electron chi connectivity index (χ4n) is 3.68. The van der Waals surface area contributed by atoms with Crippen molar-refractivity contribution in [1.82, 2.24) is 20.0 Å². The average molecular weight is 476 g/mol. The number of nitrogens with zero attached hydrogens (tertiary/aromatic N) is 2. The van der Waals surface area contributed by atoms with E-state index in [9.17, 15) is 13.2 Å². The normalized spacial score (nSPS) is 19.3. The molecule has 1 fully saturated rings. The first-order valence-corrected chi connectivity index (χ1v) is 12.8. The zero-order valence-electron chi connectivity index (χ0n) is 19.5. The smallest absolute Gasteiger partial charge is 0.407 e. The molecule has 3 N–H and O–H groups in total. The van der Waals surface area contributed by atoms with Crippen molar-refractivity contribution < 1.29 is 17.9 Å². The van der Waals surface area contributed by atoms with Crippen LogP contribution in [-0.2, 0) is 14.8 Å². The van der Waals surface area contributed by atoms with E-state index in [0.717, 1.165) is 31.2 Å². The number of aromatic nitrogens is 2. The lowest BCUT2D eigenvalue weighted by Crippen LogP contribution is -2.34. The minimum Gasteiger partial charge on any atom is -0.446 e. The second kappa shape index (κ2) is 10.9. The van der Waals surface area contributed by atoms with Crippen LogP contribution in [0, 0.1) is 0 Å². The molecule has 0 unspecified atom stereocenters. The molecule has 3 atom stereocenters. The van der Waals surface area contributed by atoms with Gasteiger partial charge in [-0.2, -0.15) is 0 Å². The summed E-state index contributed by atoms with van der Waals surface area (Å²) >= 11 is 0. The van der Waals surface area contributed by atoms with Gasteiger partial charge in [0.1, 0.15) is 6.10 Å². The molecule has 1 heterocycles. The predicted octanol–water partition coefficient (Wildman–Crippen LogP) is 4.07. The lowest BCUT2D eigenvalue weighted by molar-refractivity contribution is 0.0975. The number of hydrogen-bond donors (Lipinski definition) is 3. The lowest BCUT2D eigenvalue weighted by Gasteiger charge is -2.16. The number of nitrogens with one attached hydrogen (secondary N) is 3. The molecular weight excluding hydrogens is 442 g/mol. The SMILES string of the molecule is CC[C@H](C)NC(=O)O[C@H]1CC[C@@H](c2cnc(Nc3ccc(S(=O)(=O)NC(C)C)cc3)nc2)C1. The molecule has 1 aromatic carbocycles. The molecular formula is C23H33N5O4S. The summed E-state index contributed by atoms with van der Waals surface area (Å²) in [7, 11) is -3.53. The van der Waals surface area contributed by atoms with E-state index in [4.69, 9.17) is 4.74 Å². The van der Waals surface area contributed by atoms with E-state index in [1.165, 1.54) is 12.1 Å². The summed E-state index contributed by atoms with van der Waals surface area (Å²) in [5.74, 6) is 0.673. The van der Waals surface area contributed by atoms with Crippen LogP contribution < -0.4 is 15.4 Å². The number of ether oxygens (including phenoxy) is 1. The molecule has 10 heteroatoms. The average Bonchev–Trinajstić information content (AvgIpc) is 3.22. The summed E-state index contributed by atoms with van der Waals surface area (Å²) in [5.41, 5.74) is 1.70. The third kappa shape index (κ3) is 7.13. The quantitative estimate of drug-likeness (QED) is 0.500. The molecule has 1 aliphatic carbocycles. The number of sulfonamides is 1. The van der Waals surface area contributed by atoms with Gasteiger partial charge in [-0.3, -0.25) is 0 Å². The van der Waals surface area contributed by atoms with Gasteiger partial charge in [-0.1, -0.05) is 6.92 Å². The maximum Gasteiger partial charge on any atom is 0.407 e. The Morgan fingerprint density at radius 3 is 2.39 bits per heavy atom. The zero-order valence-corrected chi connectivity index (χ0v) is 20.4. The van der Waals surface area contributed by atoms with E-state index >= 15 is 0 Å². The largest absolute Gasteiger partial charge is 0.446 e. The minimum absolute atomic E-state index is 0.0976. The number of benzene rings is 1. The maximum atomic E-state index is 12.2. The molecule has 1 aliphatic rings. The first kappa shape index (κ1) is 24.9. The van der Waals surface area contributed by atoms with Crippen LogP contribution in [0.1, 0.15) is 64.9 Å². The molecule has 0 radical (unpaired) electrons. The molecule has 0 spiro atoms. The highest BCUT2D eigenvalue weighted by Gasteiger charge is 2.29. The van der Waals surface area contributed by atoms with Crippen LogP contribution in [0.15, 0.2) is 41.6 Å². The third-order valence-electron chi connectivity index (χ3n) is 5.59. The lowest BCUT2D eigenvalue weighted by atomic mass is 10.0. The van der Waals surface area contributed by atoms with E-state index in [1.54, 1.807) is 38.4 Å². The number of amides is 1. The molecule has 33 heavy (non-hydrogen) atoms. The number of anilines is 2. The molecule has 0 aliphatic heterocycles. The molecule has 0 bridgehead atoms.